The summed E-state index contributed by atoms with van der Waals surface area (Å²) >= 11 is 0. The Bertz CT molecular complexity index is 825. The Balaban J connectivity index is 2.27. The van der Waals surface area contributed by atoms with Gasteiger partial charge in [-0.3, -0.25) is 14.3 Å². The van der Waals surface area contributed by atoms with Crippen molar-refractivity contribution in [3.63, 3.8) is 0 Å². The molecule has 1 aromatic rings. The van der Waals surface area contributed by atoms with Crippen LogP contribution in [0.15, 0.2) is 6.20 Å². The molecule has 0 radical (unpaired) electrons. The molecule has 158 valence electrons. The van der Waals surface area contributed by atoms with Gasteiger partial charge < -0.3 is 20.1 Å². The summed E-state index contributed by atoms with van der Waals surface area (Å²) in [4.78, 5) is 37.4. The largest absolute Gasteiger partial charge is 0.469 e. The molecule has 2 amide bonds. The van der Waals surface area contributed by atoms with E-state index in [9.17, 15) is 19.6 Å². The minimum atomic E-state index is -0.716. The first-order valence-electron chi connectivity index (χ1n) is 9.32. The molecule has 1 aliphatic heterocycles. The van der Waals surface area contributed by atoms with Gasteiger partial charge in [0.05, 0.1) is 42.8 Å². The first-order valence-corrected chi connectivity index (χ1v) is 9.32. The third-order valence-electron chi connectivity index (χ3n) is 4.84. The van der Waals surface area contributed by atoms with E-state index in [0.29, 0.717) is 25.9 Å². The maximum absolute atomic E-state index is 12.3. The molecule has 10 nitrogen and oxygen atoms in total. The lowest BCUT2D eigenvalue weighted by atomic mass is 9.85. The highest BCUT2D eigenvalue weighted by atomic mass is 16.6. The number of primary amides is 1. The Morgan fingerprint density at radius 1 is 1.31 bits per heavy atom. The van der Waals surface area contributed by atoms with E-state index in [2.05, 4.69) is 15.9 Å². The molecule has 0 spiro atoms. The molecule has 2 heterocycles. The molecule has 1 fully saturated rings. The van der Waals surface area contributed by atoms with Crippen molar-refractivity contribution in [2.45, 2.75) is 57.6 Å². The molecule has 1 saturated heterocycles. The molecule has 2 rings (SSSR count). The van der Waals surface area contributed by atoms with Crippen molar-refractivity contribution in [1.29, 1.82) is 5.26 Å². The first-order chi connectivity index (χ1) is 13.5. The average molecular weight is 405 g/mol. The lowest BCUT2D eigenvalue weighted by Crippen LogP contribution is -2.49. The lowest BCUT2D eigenvalue weighted by Gasteiger charge is -2.41. The molecule has 0 aliphatic carbocycles. The number of amides is 2. The highest BCUT2D eigenvalue weighted by Crippen LogP contribution is 2.34. The fraction of sp³-hybridized carbons (Fsp3) is 0.632. The van der Waals surface area contributed by atoms with Gasteiger partial charge in [0.15, 0.2) is 0 Å². The third-order valence-corrected chi connectivity index (χ3v) is 4.84. The number of carbonyl (C=O) groups excluding carboxylic acids is 3. The van der Waals surface area contributed by atoms with Gasteiger partial charge in [0.2, 0.25) is 0 Å². The number of aromatic nitrogens is 2. The molecule has 0 atom stereocenters. The summed E-state index contributed by atoms with van der Waals surface area (Å²) in [6.45, 7) is 6.13. The van der Waals surface area contributed by atoms with Gasteiger partial charge in [0.25, 0.3) is 5.91 Å². The minimum absolute atomic E-state index is 0.113. The number of piperidine rings is 1. The number of rotatable bonds is 5. The standard InChI is InChI=1S/C19H27N5O5/c1-18(2,3)29-17(27)23-9-6-19(5-8-20,7-10-23)24-12-13(16(21)26)14(22-24)11-15(25)28-4/h12H,5-7,9-11H2,1-4H3,(H2,21,26). The van der Waals surface area contributed by atoms with Crippen LogP contribution >= 0.6 is 0 Å². The van der Waals surface area contributed by atoms with Crippen LogP contribution in [0.4, 0.5) is 4.79 Å². The van der Waals surface area contributed by atoms with Crippen LogP contribution in [0, 0.1) is 11.3 Å². The first kappa shape index (κ1) is 22.2. The van der Waals surface area contributed by atoms with Crippen LogP contribution in [0.5, 0.6) is 0 Å². The molecule has 0 saturated carbocycles. The van der Waals surface area contributed by atoms with Crippen LogP contribution in [0.2, 0.25) is 0 Å². The quantitative estimate of drug-likeness (QED) is 0.729. The van der Waals surface area contributed by atoms with E-state index >= 15 is 0 Å². The van der Waals surface area contributed by atoms with Crippen LogP contribution in [0.1, 0.15) is 56.1 Å². The van der Waals surface area contributed by atoms with Crippen molar-refractivity contribution in [1.82, 2.24) is 14.7 Å². The van der Waals surface area contributed by atoms with Gasteiger partial charge in [-0.2, -0.15) is 10.4 Å². The second-order valence-corrected chi connectivity index (χ2v) is 8.08. The zero-order chi connectivity index (χ0) is 21.8. The number of hydrogen-bond acceptors (Lipinski definition) is 7. The Morgan fingerprint density at radius 3 is 2.41 bits per heavy atom. The van der Waals surface area contributed by atoms with Crippen LogP contribution in [-0.2, 0) is 26.2 Å². The molecule has 2 N–H and O–H groups in total. The van der Waals surface area contributed by atoms with Gasteiger partial charge >= 0.3 is 12.1 Å². The number of methoxy groups -OCH3 is 1. The number of esters is 1. The fourth-order valence-corrected chi connectivity index (χ4v) is 3.26. The van der Waals surface area contributed by atoms with E-state index in [1.54, 1.807) is 30.4 Å². The number of hydrogen-bond donors (Lipinski definition) is 1. The van der Waals surface area contributed by atoms with Gasteiger partial charge in [0.1, 0.15) is 5.60 Å². The molecule has 0 aromatic carbocycles. The molecule has 1 aromatic heterocycles. The summed E-state index contributed by atoms with van der Waals surface area (Å²) in [7, 11) is 1.24. The smallest absolute Gasteiger partial charge is 0.410 e. The van der Waals surface area contributed by atoms with Gasteiger partial charge in [-0.05, 0) is 33.6 Å². The predicted octanol–water partition coefficient (Wildman–Crippen LogP) is 1.34. The lowest BCUT2D eigenvalue weighted by molar-refractivity contribution is -0.139. The van der Waals surface area contributed by atoms with Crippen molar-refractivity contribution < 1.29 is 23.9 Å². The second-order valence-electron chi connectivity index (χ2n) is 8.08. The average Bonchev–Trinajstić information content (AvgIpc) is 3.05. The predicted molar refractivity (Wildman–Crippen MR) is 102 cm³/mol. The summed E-state index contributed by atoms with van der Waals surface area (Å²) in [6.07, 6.45) is 1.88. The van der Waals surface area contributed by atoms with E-state index in [-0.39, 0.29) is 24.1 Å². The fourth-order valence-electron chi connectivity index (χ4n) is 3.26. The van der Waals surface area contributed by atoms with Crippen molar-refractivity contribution in [3.8, 4) is 6.07 Å². The molecular formula is C19H27N5O5. The van der Waals surface area contributed by atoms with Crippen molar-refractivity contribution in [2.24, 2.45) is 5.73 Å². The Kier molecular flexibility index (Phi) is 6.51. The topological polar surface area (TPSA) is 141 Å². The van der Waals surface area contributed by atoms with E-state index in [0.717, 1.165) is 0 Å². The van der Waals surface area contributed by atoms with Crippen molar-refractivity contribution >= 4 is 18.0 Å². The highest BCUT2D eigenvalue weighted by molar-refractivity contribution is 5.94. The molecule has 10 heteroatoms. The van der Waals surface area contributed by atoms with Crippen LogP contribution < -0.4 is 5.73 Å². The summed E-state index contributed by atoms with van der Waals surface area (Å²) < 4.78 is 11.6. The van der Waals surface area contributed by atoms with Gasteiger partial charge in [0, 0.05) is 19.3 Å². The van der Waals surface area contributed by atoms with Crippen LogP contribution in [-0.4, -0.2) is 58.5 Å². The molecule has 0 unspecified atom stereocenters. The van der Waals surface area contributed by atoms with E-state index in [4.69, 9.17) is 10.5 Å². The summed E-state index contributed by atoms with van der Waals surface area (Å²) in [5.74, 6) is -1.26. The SMILES string of the molecule is COC(=O)Cc1nn(C2(CC#N)CCN(C(=O)OC(C)(C)C)CC2)cc1C(N)=O. The zero-order valence-electron chi connectivity index (χ0n) is 17.2. The Hall–Kier alpha value is -3.09. The van der Waals surface area contributed by atoms with E-state index in [1.165, 1.54) is 13.3 Å². The van der Waals surface area contributed by atoms with E-state index < -0.39 is 29.1 Å². The minimum Gasteiger partial charge on any atom is -0.469 e. The van der Waals surface area contributed by atoms with Crippen LogP contribution in [0.25, 0.3) is 0 Å². The summed E-state index contributed by atoms with van der Waals surface area (Å²) in [5, 5.41) is 13.8. The number of likely N-dealkylation sites (tertiary alicyclic amines) is 1. The monoisotopic (exact) mass is 405 g/mol. The molecular weight excluding hydrogens is 378 g/mol. The van der Waals surface area contributed by atoms with Gasteiger partial charge in [-0.1, -0.05) is 0 Å². The third kappa shape index (κ3) is 5.25. The molecule has 0 bridgehead atoms. The van der Waals surface area contributed by atoms with Gasteiger partial charge in [-0.15, -0.1) is 0 Å². The molecule has 1 aliphatic rings. The summed E-state index contributed by atoms with van der Waals surface area (Å²) in [6, 6.07) is 2.17. The molecule has 29 heavy (non-hydrogen) atoms. The number of carbonyl (C=O) groups is 3. The number of nitriles is 1. The maximum Gasteiger partial charge on any atom is 0.410 e. The zero-order valence-corrected chi connectivity index (χ0v) is 17.2. The summed E-state index contributed by atoms with van der Waals surface area (Å²) in [5.41, 5.74) is 4.44. The number of ether oxygens (including phenoxy) is 2. The Labute approximate surface area is 169 Å². The second kappa shape index (κ2) is 8.51. The number of nitrogens with zero attached hydrogens (tertiary/aromatic N) is 4. The normalized spacial score (nSPS) is 16.0. The highest BCUT2D eigenvalue weighted by Gasteiger charge is 2.40. The number of nitrogens with two attached hydrogens (primary N) is 1. The van der Waals surface area contributed by atoms with Crippen molar-refractivity contribution in [3.05, 3.63) is 17.5 Å². The van der Waals surface area contributed by atoms with Gasteiger partial charge in [-0.25, -0.2) is 4.79 Å². The maximum atomic E-state index is 12.3. The van der Waals surface area contributed by atoms with Crippen LogP contribution in [0.3, 0.4) is 0 Å². The Morgan fingerprint density at radius 2 is 1.93 bits per heavy atom. The van der Waals surface area contributed by atoms with E-state index in [1.807, 2.05) is 0 Å². The van der Waals surface area contributed by atoms with Crippen molar-refractivity contribution in [2.75, 3.05) is 20.2 Å².